The van der Waals surface area contributed by atoms with Gasteiger partial charge in [0.25, 0.3) is 5.56 Å². The van der Waals surface area contributed by atoms with Gasteiger partial charge in [-0.05, 0) is 13.8 Å². The van der Waals surface area contributed by atoms with Crippen molar-refractivity contribution in [1.82, 2.24) is 9.55 Å². The highest BCUT2D eigenvalue weighted by atomic mass is 32.1. The summed E-state index contributed by atoms with van der Waals surface area (Å²) < 4.78 is 57.1. The van der Waals surface area contributed by atoms with E-state index in [9.17, 15) is 28.2 Å². The van der Waals surface area contributed by atoms with E-state index in [-0.39, 0.29) is 11.5 Å². The van der Waals surface area contributed by atoms with E-state index >= 15 is 0 Å². The number of aryl methyl sites for hydroxylation is 1. The maximum absolute atomic E-state index is 11.9. The molecule has 0 aliphatic carbocycles. The van der Waals surface area contributed by atoms with Crippen molar-refractivity contribution in [3.05, 3.63) is 32.6 Å². The molecule has 0 saturated carbocycles. The summed E-state index contributed by atoms with van der Waals surface area (Å²) >= 11 is 3.85. The second-order valence-electron chi connectivity index (χ2n) is 5.76. The summed E-state index contributed by atoms with van der Waals surface area (Å²) in [4.78, 5) is 61.0. The molecule has 1 aromatic heterocycles. The highest BCUT2D eigenvalue weighted by Crippen LogP contribution is 2.66. The Balaban J connectivity index is 2.88. The Bertz CT molecular complexity index is 1000. The first-order chi connectivity index (χ1) is 14.1. The van der Waals surface area contributed by atoms with Crippen molar-refractivity contribution >= 4 is 36.1 Å². The van der Waals surface area contributed by atoms with Gasteiger partial charge in [0.1, 0.15) is 12.8 Å². The third-order valence-electron chi connectivity index (χ3n) is 3.30. The summed E-state index contributed by atoms with van der Waals surface area (Å²) in [5.74, 6) is -0.103. The predicted molar refractivity (Wildman–Crippen MR) is 105 cm³/mol. The van der Waals surface area contributed by atoms with Gasteiger partial charge in [0, 0.05) is 11.8 Å². The molecule has 0 bridgehead atoms. The van der Waals surface area contributed by atoms with Crippen molar-refractivity contribution in [2.45, 2.75) is 32.8 Å². The van der Waals surface area contributed by atoms with E-state index in [0.29, 0.717) is 0 Å². The molecule has 0 spiro atoms. The number of ether oxygens (including phenoxy) is 2. The number of aromatic amines is 1. The molecule has 1 aromatic rings. The molecule has 31 heavy (non-hydrogen) atoms. The summed E-state index contributed by atoms with van der Waals surface area (Å²) in [6.07, 6.45) is -0.842. The van der Waals surface area contributed by atoms with Crippen LogP contribution in [0.25, 0.3) is 0 Å². The van der Waals surface area contributed by atoms with Crippen LogP contribution in [0.1, 0.15) is 12.5 Å². The number of phosphoric ester groups is 1. The Labute approximate surface area is 180 Å². The number of H-pyrrole nitrogens is 1. The van der Waals surface area contributed by atoms with Gasteiger partial charge in [-0.2, -0.15) is 21.3 Å². The van der Waals surface area contributed by atoms with Crippen LogP contribution in [-0.2, 0) is 43.0 Å². The normalized spacial score (nSPS) is 18.2. The van der Waals surface area contributed by atoms with E-state index in [1.165, 1.54) is 20.0 Å². The molecular formula is C11H21N2O14P3S. The quantitative estimate of drug-likeness (QED) is 0.110. The minimum atomic E-state index is -5.68. The number of phosphoric acid groups is 3. The molecule has 180 valence electrons. The highest BCUT2D eigenvalue weighted by molar-refractivity contribution is 7.80. The molecule has 0 aliphatic rings. The van der Waals surface area contributed by atoms with Gasteiger partial charge >= 0.3 is 29.2 Å². The summed E-state index contributed by atoms with van der Waals surface area (Å²) in [5.41, 5.74) is -1.20. The molecule has 20 heteroatoms. The van der Waals surface area contributed by atoms with E-state index in [4.69, 9.17) is 24.2 Å². The number of thiol groups is 1. The van der Waals surface area contributed by atoms with Gasteiger partial charge in [0.05, 0.1) is 18.6 Å². The third kappa shape index (κ3) is 10.7. The lowest BCUT2D eigenvalue weighted by Crippen LogP contribution is -2.37. The number of rotatable bonds is 13. The van der Waals surface area contributed by atoms with Crippen LogP contribution in [0, 0.1) is 6.92 Å². The summed E-state index contributed by atoms with van der Waals surface area (Å²) in [6, 6.07) is 0. The molecule has 1 rings (SSSR count). The summed E-state index contributed by atoms with van der Waals surface area (Å²) in [7, 11) is -16.6. The third-order valence-corrected chi connectivity index (χ3v) is 7.25. The van der Waals surface area contributed by atoms with Crippen LogP contribution in [0.4, 0.5) is 0 Å². The van der Waals surface area contributed by atoms with E-state index in [0.717, 1.165) is 4.57 Å². The zero-order valence-corrected chi connectivity index (χ0v) is 19.5. The lowest BCUT2D eigenvalue weighted by atomic mass is 10.2. The first-order valence-electron chi connectivity index (χ1n) is 7.98. The largest absolute Gasteiger partial charge is 0.490 e. The molecule has 0 aromatic carbocycles. The van der Waals surface area contributed by atoms with Crippen LogP contribution in [-0.4, -0.2) is 53.9 Å². The van der Waals surface area contributed by atoms with Crippen LogP contribution < -0.4 is 11.2 Å². The van der Waals surface area contributed by atoms with Gasteiger partial charge in [-0.25, -0.2) is 18.5 Å². The summed E-state index contributed by atoms with van der Waals surface area (Å²) in [6.45, 7) is 1.62. The van der Waals surface area contributed by atoms with Crippen molar-refractivity contribution in [2.75, 3.05) is 12.5 Å². The van der Waals surface area contributed by atoms with Crippen LogP contribution in [0.2, 0.25) is 0 Å². The molecule has 0 aliphatic heterocycles. The lowest BCUT2D eigenvalue weighted by Gasteiger charge is -2.25. The fourth-order valence-electron chi connectivity index (χ4n) is 1.91. The standard InChI is InChI=1S/C11H21N2O14P3S/c1-7-3-13(11(15)12-10(7)14)5-23-9(8(2)24-6-31)4-25-29(19,20)27-30(21,22)26-28(16,17)18/h3,8-9,31H,4-6H2,1-2H3,(H,19,20)(H,21,22)(H,12,14,15)(H2,16,17,18)/t8-,9?/m0/s1. The zero-order valence-electron chi connectivity index (χ0n) is 16.0. The van der Waals surface area contributed by atoms with Crippen LogP contribution in [0.3, 0.4) is 0 Å². The zero-order chi connectivity index (χ0) is 24.0. The van der Waals surface area contributed by atoms with Crippen molar-refractivity contribution in [1.29, 1.82) is 0 Å². The maximum Gasteiger partial charge on any atom is 0.490 e. The molecule has 5 N–H and O–H groups in total. The Hall–Kier alpha value is -0.640. The van der Waals surface area contributed by atoms with Gasteiger partial charge in [-0.1, -0.05) is 0 Å². The minimum absolute atomic E-state index is 0.103. The Morgan fingerprint density at radius 2 is 1.71 bits per heavy atom. The van der Waals surface area contributed by atoms with E-state index in [2.05, 4.69) is 25.8 Å². The molecule has 1 heterocycles. The van der Waals surface area contributed by atoms with Crippen molar-refractivity contribution in [3.63, 3.8) is 0 Å². The second kappa shape index (κ2) is 11.5. The molecule has 0 saturated heterocycles. The van der Waals surface area contributed by atoms with E-state index in [1.54, 1.807) is 0 Å². The lowest BCUT2D eigenvalue weighted by molar-refractivity contribution is -0.0955. The molecule has 0 amide bonds. The number of nitrogens with one attached hydrogen (secondary N) is 1. The molecule has 16 nitrogen and oxygen atoms in total. The second-order valence-corrected chi connectivity index (χ2v) is 10.4. The topological polar surface area (TPSA) is 233 Å². The molecule has 0 fully saturated rings. The van der Waals surface area contributed by atoms with Gasteiger partial charge < -0.3 is 29.0 Å². The number of hydrogen-bond acceptors (Lipinski definition) is 11. The van der Waals surface area contributed by atoms with Gasteiger partial charge in [0.2, 0.25) is 0 Å². The number of aromatic nitrogens is 2. The smallest absolute Gasteiger partial charge is 0.365 e. The van der Waals surface area contributed by atoms with Crippen molar-refractivity contribution < 1.29 is 55.9 Å². The van der Waals surface area contributed by atoms with Gasteiger partial charge in [-0.3, -0.25) is 18.9 Å². The first kappa shape index (κ1) is 28.4. The fourth-order valence-corrected chi connectivity index (χ4v) is 5.17. The minimum Gasteiger partial charge on any atom is -0.365 e. The van der Waals surface area contributed by atoms with Crippen LogP contribution in [0.5, 0.6) is 0 Å². The number of nitrogens with zero attached hydrogens (tertiary/aromatic N) is 1. The van der Waals surface area contributed by atoms with E-state index < -0.39 is 60.3 Å². The van der Waals surface area contributed by atoms with Crippen LogP contribution in [0.15, 0.2) is 15.8 Å². The number of hydrogen-bond donors (Lipinski definition) is 6. The Morgan fingerprint density at radius 1 is 1.10 bits per heavy atom. The Kier molecular flexibility index (Phi) is 10.5. The highest BCUT2D eigenvalue weighted by Gasteiger charge is 2.41. The predicted octanol–water partition coefficient (Wildman–Crippen LogP) is -0.177. The van der Waals surface area contributed by atoms with Crippen molar-refractivity contribution in [3.8, 4) is 0 Å². The summed E-state index contributed by atoms with van der Waals surface area (Å²) in [5, 5.41) is 0. The maximum atomic E-state index is 11.9. The van der Waals surface area contributed by atoms with E-state index in [1.807, 2.05) is 4.98 Å². The first-order valence-corrected chi connectivity index (χ1v) is 13.1. The Morgan fingerprint density at radius 3 is 2.26 bits per heavy atom. The van der Waals surface area contributed by atoms with Gasteiger partial charge in [0.15, 0.2) is 0 Å². The average molecular weight is 530 g/mol. The molecule has 3 unspecified atom stereocenters. The molecule has 4 atom stereocenters. The fraction of sp³-hybridized carbons (Fsp3) is 0.636. The SMILES string of the molecule is Cc1cn(COC(COP(=O)(O)OP(=O)(O)OP(=O)(O)O)[C@H](C)OCS)c(=O)[nH]c1=O. The monoisotopic (exact) mass is 530 g/mol. The van der Waals surface area contributed by atoms with Gasteiger partial charge in [-0.15, -0.1) is 0 Å². The molecular weight excluding hydrogens is 509 g/mol. The molecule has 0 radical (unpaired) electrons. The average Bonchev–Trinajstić information content (AvgIpc) is 2.55. The van der Waals surface area contributed by atoms with Crippen molar-refractivity contribution in [2.24, 2.45) is 0 Å². The van der Waals surface area contributed by atoms with Crippen LogP contribution >= 0.6 is 36.1 Å².